The van der Waals surface area contributed by atoms with Gasteiger partial charge in [-0.05, 0) is 49.3 Å². The second-order valence-electron chi connectivity index (χ2n) is 8.55. The van der Waals surface area contributed by atoms with Crippen LogP contribution in [0.25, 0.3) is 33.3 Å². The second kappa shape index (κ2) is 6.72. The van der Waals surface area contributed by atoms with Crippen LogP contribution in [-0.4, -0.2) is 26.0 Å². The quantitative estimate of drug-likeness (QED) is 0.476. The Labute approximate surface area is 172 Å². The smallest absolute Gasteiger partial charge is 0.164 e. The fourth-order valence-corrected chi connectivity index (χ4v) is 5.24. The molecule has 3 aromatic heterocycles. The first-order chi connectivity index (χ1) is 14.7. The van der Waals surface area contributed by atoms with E-state index in [1.807, 2.05) is 6.07 Å². The Morgan fingerprint density at radius 3 is 2.70 bits per heavy atom. The van der Waals surface area contributed by atoms with Crippen molar-refractivity contribution in [3.8, 4) is 11.4 Å². The number of hydrogen-bond donors (Lipinski definition) is 2. The molecule has 0 saturated heterocycles. The predicted octanol–water partition coefficient (Wildman–Crippen LogP) is 5.44. The molecule has 3 heterocycles. The molecular weight excluding hydrogens is 384 g/mol. The number of aromatic nitrogens is 4. The van der Waals surface area contributed by atoms with Gasteiger partial charge in [0.1, 0.15) is 28.6 Å². The van der Waals surface area contributed by atoms with Gasteiger partial charge in [0.25, 0.3) is 0 Å². The van der Waals surface area contributed by atoms with Crippen LogP contribution in [-0.2, 0) is 0 Å². The number of rotatable bonds is 3. The van der Waals surface area contributed by atoms with Crippen molar-refractivity contribution in [3.05, 3.63) is 48.3 Å². The van der Waals surface area contributed by atoms with Crippen molar-refractivity contribution in [2.45, 2.75) is 38.1 Å². The van der Waals surface area contributed by atoms with Crippen molar-refractivity contribution in [1.29, 1.82) is 0 Å². The zero-order valence-corrected chi connectivity index (χ0v) is 16.3. The first kappa shape index (κ1) is 17.7. The minimum absolute atomic E-state index is 0.268. The van der Waals surface area contributed by atoms with E-state index in [0.717, 1.165) is 18.5 Å². The minimum atomic E-state index is -0.438. The molecule has 3 saturated carbocycles. The number of hydrogen-bond acceptors (Lipinski definition) is 4. The van der Waals surface area contributed by atoms with Gasteiger partial charge in [0.15, 0.2) is 5.82 Å². The van der Waals surface area contributed by atoms with Crippen molar-refractivity contribution in [3.63, 3.8) is 0 Å². The highest BCUT2D eigenvalue weighted by Gasteiger charge is 2.36. The summed E-state index contributed by atoms with van der Waals surface area (Å²) in [6, 6.07) is 6.68. The maximum absolute atomic E-state index is 14.7. The fraction of sp³-hybridized carbons (Fsp3) is 0.348. The molecule has 1 aromatic carbocycles. The molecule has 7 heteroatoms. The van der Waals surface area contributed by atoms with Crippen molar-refractivity contribution in [2.24, 2.45) is 11.8 Å². The number of pyridine rings is 1. The van der Waals surface area contributed by atoms with Crippen LogP contribution in [0.15, 0.2) is 36.7 Å². The van der Waals surface area contributed by atoms with Crippen LogP contribution < -0.4 is 5.32 Å². The van der Waals surface area contributed by atoms with Gasteiger partial charge < -0.3 is 10.3 Å². The van der Waals surface area contributed by atoms with Gasteiger partial charge in [0.2, 0.25) is 0 Å². The second-order valence-corrected chi connectivity index (χ2v) is 8.55. The first-order valence-corrected chi connectivity index (χ1v) is 10.5. The number of H-pyrrole nitrogens is 1. The highest BCUT2D eigenvalue weighted by molar-refractivity contribution is 5.95. The van der Waals surface area contributed by atoms with Gasteiger partial charge in [-0.3, -0.25) is 0 Å². The van der Waals surface area contributed by atoms with Gasteiger partial charge in [-0.15, -0.1) is 0 Å². The Morgan fingerprint density at radius 2 is 1.90 bits per heavy atom. The third kappa shape index (κ3) is 2.83. The maximum Gasteiger partial charge on any atom is 0.164 e. The van der Waals surface area contributed by atoms with Gasteiger partial charge >= 0.3 is 0 Å². The van der Waals surface area contributed by atoms with Crippen LogP contribution in [0.5, 0.6) is 0 Å². The molecular formula is C23H21F2N5. The Bertz CT molecular complexity index is 1260. The summed E-state index contributed by atoms with van der Waals surface area (Å²) in [5, 5.41) is 4.87. The molecule has 2 N–H and O–H groups in total. The molecule has 7 rings (SSSR count). The largest absolute Gasteiger partial charge is 0.366 e. The van der Waals surface area contributed by atoms with Crippen LogP contribution in [0.3, 0.4) is 0 Å². The van der Waals surface area contributed by atoms with Crippen LogP contribution >= 0.6 is 0 Å². The fourth-order valence-electron chi connectivity index (χ4n) is 5.24. The number of fused-ring (bicyclic) bond motifs is 5. The standard InChI is InChI=1S/C23H21F2N5/c24-14-9-16-17(11-27-21(16)26-10-14)23-29-20-15(2-1-3-18(20)25)22(30-23)28-19-8-12-4-6-13(19)7-5-12/h1-3,9-13,19H,4-8H2,(H,26,27)(H,28,29,30). The molecule has 30 heavy (non-hydrogen) atoms. The van der Waals surface area contributed by atoms with E-state index < -0.39 is 11.6 Å². The summed E-state index contributed by atoms with van der Waals surface area (Å²) in [6.07, 6.45) is 9.07. The third-order valence-corrected chi connectivity index (χ3v) is 6.79. The summed E-state index contributed by atoms with van der Waals surface area (Å²) in [5.74, 6) is 1.56. The van der Waals surface area contributed by atoms with Crippen molar-refractivity contribution >= 4 is 27.8 Å². The van der Waals surface area contributed by atoms with Crippen molar-refractivity contribution < 1.29 is 8.78 Å². The van der Waals surface area contributed by atoms with Gasteiger partial charge in [-0.25, -0.2) is 23.7 Å². The molecule has 2 bridgehead atoms. The molecule has 1 unspecified atom stereocenters. The van der Waals surface area contributed by atoms with Crippen LogP contribution in [0.2, 0.25) is 0 Å². The van der Waals surface area contributed by atoms with E-state index in [1.54, 1.807) is 12.3 Å². The molecule has 3 fully saturated rings. The molecule has 5 nitrogen and oxygen atoms in total. The molecule has 4 aromatic rings. The summed E-state index contributed by atoms with van der Waals surface area (Å²) < 4.78 is 28.5. The molecule has 3 aliphatic carbocycles. The lowest BCUT2D eigenvalue weighted by Gasteiger charge is -2.43. The highest BCUT2D eigenvalue weighted by atomic mass is 19.1. The Morgan fingerprint density at radius 1 is 1.03 bits per heavy atom. The van der Waals surface area contributed by atoms with E-state index in [2.05, 4.69) is 20.3 Å². The van der Waals surface area contributed by atoms with Gasteiger partial charge in [-0.1, -0.05) is 18.9 Å². The summed E-state index contributed by atoms with van der Waals surface area (Å²) in [5.41, 5.74) is 1.42. The average molecular weight is 405 g/mol. The number of nitrogens with zero attached hydrogens (tertiary/aromatic N) is 3. The van der Waals surface area contributed by atoms with E-state index in [1.165, 1.54) is 37.8 Å². The molecule has 1 atom stereocenters. The van der Waals surface area contributed by atoms with E-state index in [-0.39, 0.29) is 5.52 Å². The van der Waals surface area contributed by atoms with Crippen LogP contribution in [0, 0.1) is 23.5 Å². The summed E-state index contributed by atoms with van der Waals surface area (Å²) >= 11 is 0. The monoisotopic (exact) mass is 405 g/mol. The minimum Gasteiger partial charge on any atom is -0.366 e. The molecule has 0 aliphatic heterocycles. The molecule has 0 spiro atoms. The van der Waals surface area contributed by atoms with Gasteiger partial charge in [0, 0.05) is 28.6 Å². The molecule has 152 valence electrons. The normalized spacial score (nSPS) is 23.3. The zero-order valence-electron chi connectivity index (χ0n) is 16.3. The number of nitrogens with one attached hydrogen (secondary N) is 2. The van der Waals surface area contributed by atoms with E-state index in [9.17, 15) is 8.78 Å². The maximum atomic E-state index is 14.7. The third-order valence-electron chi connectivity index (χ3n) is 6.79. The number of aromatic amines is 1. The SMILES string of the molecule is Fc1cnc2[nH]cc(-c3nc(NC4CC5CCC4CC5)c4cccc(F)c4n3)c2c1. The zero-order chi connectivity index (χ0) is 20.2. The van der Waals surface area contributed by atoms with Gasteiger partial charge in [-0.2, -0.15) is 0 Å². The number of benzene rings is 1. The predicted molar refractivity (Wildman–Crippen MR) is 112 cm³/mol. The topological polar surface area (TPSA) is 66.5 Å². The lowest BCUT2D eigenvalue weighted by atomic mass is 9.68. The van der Waals surface area contributed by atoms with Crippen LogP contribution in [0.1, 0.15) is 32.1 Å². The summed E-state index contributed by atoms with van der Waals surface area (Å²) in [6.45, 7) is 0. The molecule has 0 radical (unpaired) electrons. The Hall–Kier alpha value is -3.09. The van der Waals surface area contributed by atoms with Gasteiger partial charge in [0.05, 0.1) is 6.20 Å². The van der Waals surface area contributed by atoms with E-state index in [4.69, 9.17) is 4.98 Å². The number of anilines is 1. The average Bonchev–Trinajstić information content (AvgIpc) is 3.18. The summed E-state index contributed by atoms with van der Waals surface area (Å²) in [4.78, 5) is 16.4. The van der Waals surface area contributed by atoms with Crippen LogP contribution in [0.4, 0.5) is 14.6 Å². The van der Waals surface area contributed by atoms with Crippen molar-refractivity contribution in [2.75, 3.05) is 5.32 Å². The lowest BCUT2D eigenvalue weighted by Crippen LogP contribution is -2.40. The number of halogens is 2. The lowest BCUT2D eigenvalue weighted by molar-refractivity contribution is 0.157. The first-order valence-electron chi connectivity index (χ1n) is 10.5. The highest BCUT2D eigenvalue weighted by Crippen LogP contribution is 2.43. The molecule has 0 amide bonds. The number of para-hydroxylation sites is 1. The van der Waals surface area contributed by atoms with Crippen molar-refractivity contribution in [1.82, 2.24) is 19.9 Å². The summed E-state index contributed by atoms with van der Waals surface area (Å²) in [7, 11) is 0. The van der Waals surface area contributed by atoms with E-state index in [0.29, 0.717) is 45.6 Å². The Kier molecular flexibility index (Phi) is 3.97. The van der Waals surface area contributed by atoms with E-state index >= 15 is 0 Å². The molecule has 3 aliphatic rings. The Balaban J connectivity index is 1.50.